The first-order valence-corrected chi connectivity index (χ1v) is 13.6. The van der Waals surface area contributed by atoms with Crippen molar-refractivity contribution >= 4 is 26.3 Å². The van der Waals surface area contributed by atoms with Crippen LogP contribution in [0, 0.1) is 0 Å². The Bertz CT molecular complexity index is 779. The molecule has 30 heavy (non-hydrogen) atoms. The van der Waals surface area contributed by atoms with Gasteiger partial charge in [0.2, 0.25) is 0 Å². The van der Waals surface area contributed by atoms with E-state index in [0.29, 0.717) is 0 Å². The van der Waals surface area contributed by atoms with Gasteiger partial charge in [0, 0.05) is 10.6 Å². The van der Waals surface area contributed by atoms with Crippen LogP contribution in [0.3, 0.4) is 0 Å². The van der Waals surface area contributed by atoms with E-state index < -0.39 is 0 Å². The molecule has 0 amide bonds. The van der Waals surface area contributed by atoms with E-state index in [1.54, 1.807) is 0 Å². The Morgan fingerprint density at radius 2 is 0.600 bits per heavy atom. The van der Waals surface area contributed by atoms with Crippen LogP contribution in [0.25, 0.3) is 0 Å². The van der Waals surface area contributed by atoms with E-state index in [-0.39, 0.29) is 21.7 Å². The molecule has 0 fully saturated rings. The molecule has 0 saturated carbocycles. The highest BCUT2D eigenvalue weighted by atomic mass is 31.7. The first-order chi connectivity index (χ1) is 13.4. The van der Waals surface area contributed by atoms with Crippen LogP contribution in [0.5, 0.6) is 0 Å². The summed E-state index contributed by atoms with van der Waals surface area (Å²) >= 11 is 0. The minimum atomic E-state index is 0.134. The smallest absolute Gasteiger partial charge is 0.0138 e. The maximum atomic E-state index is 2.34. The second-order valence-corrected chi connectivity index (χ2v) is 15.1. The van der Waals surface area contributed by atoms with Crippen molar-refractivity contribution in [3.8, 4) is 0 Å². The summed E-state index contributed by atoms with van der Waals surface area (Å²) in [5.41, 5.74) is 6.46. The van der Waals surface area contributed by atoms with Crippen molar-refractivity contribution in [1.82, 2.24) is 0 Å². The van der Waals surface area contributed by atoms with Crippen LogP contribution in [0.4, 0.5) is 0 Å². The van der Waals surface area contributed by atoms with Crippen molar-refractivity contribution in [1.29, 1.82) is 0 Å². The summed E-state index contributed by atoms with van der Waals surface area (Å²) < 4.78 is 0. The van der Waals surface area contributed by atoms with Crippen molar-refractivity contribution in [2.24, 2.45) is 0 Å². The van der Waals surface area contributed by atoms with Crippen LogP contribution in [-0.4, -0.2) is 0 Å². The van der Waals surface area contributed by atoms with E-state index in [1.807, 2.05) is 0 Å². The van der Waals surface area contributed by atoms with Crippen molar-refractivity contribution in [2.75, 3.05) is 0 Å². The van der Waals surface area contributed by atoms with Crippen LogP contribution in [0.15, 0.2) is 36.4 Å². The molecule has 0 bridgehead atoms. The van der Waals surface area contributed by atoms with Crippen LogP contribution in [0.1, 0.15) is 105 Å². The van der Waals surface area contributed by atoms with E-state index in [4.69, 9.17) is 0 Å². The quantitative estimate of drug-likeness (QED) is 0.410. The molecule has 0 aliphatic carbocycles. The molecule has 2 aromatic carbocycles. The summed E-state index contributed by atoms with van der Waals surface area (Å²) in [4.78, 5) is 0. The lowest BCUT2D eigenvalue weighted by atomic mass is 9.80. The Morgan fingerprint density at radius 3 is 0.767 bits per heavy atom. The molecule has 0 spiro atoms. The Kier molecular flexibility index (Phi) is 7.19. The molecule has 0 aliphatic rings. The van der Waals surface area contributed by atoms with Gasteiger partial charge in [0.05, 0.1) is 0 Å². The maximum absolute atomic E-state index is 2.34. The normalized spacial score (nSPS) is 13.9. The molecule has 0 nitrogen and oxygen atoms in total. The van der Waals surface area contributed by atoms with Gasteiger partial charge in [0.25, 0.3) is 0 Å². The maximum Gasteiger partial charge on any atom is 0.0138 e. The Morgan fingerprint density at radius 1 is 0.400 bits per heavy atom. The van der Waals surface area contributed by atoms with Crippen LogP contribution >= 0.6 is 15.7 Å². The predicted octanol–water partition coefficient (Wildman–Crippen LogP) is 8.63. The highest BCUT2D eigenvalue weighted by molar-refractivity contribution is 7.91. The molecule has 0 N–H and O–H groups in total. The molecule has 0 aliphatic heterocycles. The van der Waals surface area contributed by atoms with Gasteiger partial charge in [0.15, 0.2) is 0 Å². The number of benzene rings is 2. The van der Waals surface area contributed by atoms with Crippen LogP contribution in [0.2, 0.25) is 0 Å². The molecular weight excluding hydrogens is 398 g/mol. The average Bonchev–Trinajstić information content (AvgIpc) is 2.56. The van der Waals surface area contributed by atoms with Crippen molar-refractivity contribution < 1.29 is 0 Å². The second kappa shape index (κ2) is 8.52. The lowest BCUT2D eigenvalue weighted by Crippen LogP contribution is -2.28. The molecule has 164 valence electrons. The Balaban J connectivity index is 2.83. The monoisotopic (exact) mass is 440 g/mol. The van der Waals surface area contributed by atoms with Gasteiger partial charge in [-0.3, -0.25) is 0 Å². The summed E-state index contributed by atoms with van der Waals surface area (Å²) in [5, 5.41) is 3.03. The molecular formula is C28H42P2. The van der Waals surface area contributed by atoms with Gasteiger partial charge < -0.3 is 0 Å². The Labute approximate surface area is 189 Å². The second-order valence-electron chi connectivity index (χ2n) is 12.6. The highest BCUT2D eigenvalue weighted by Gasteiger charge is 2.27. The summed E-state index contributed by atoms with van der Waals surface area (Å²) in [6.07, 6.45) is 0. The number of hydrogen-bond acceptors (Lipinski definition) is 0. The third-order valence-corrected chi connectivity index (χ3v) is 8.52. The van der Waals surface area contributed by atoms with Gasteiger partial charge in [-0.05, 0) is 59.6 Å². The first-order valence-electron chi connectivity index (χ1n) is 11.1. The standard InChI is InChI=1S/C28H42P2/c1-25(2,3)19-15-13-16-20(26(4,5)6)23(19)29-30-24-21(27(7,8)9)17-14-18-22(24)28(10,11)12/h13-18H,1-12H3. The predicted molar refractivity (Wildman–Crippen MR) is 141 cm³/mol. The third-order valence-electron chi connectivity index (χ3n) is 5.55. The lowest BCUT2D eigenvalue weighted by Gasteiger charge is -2.29. The molecule has 0 heterocycles. The van der Waals surface area contributed by atoms with E-state index in [1.165, 1.54) is 48.6 Å². The topological polar surface area (TPSA) is 0 Å². The minimum absolute atomic E-state index is 0.134. The fraction of sp³-hybridized carbons (Fsp3) is 0.571. The van der Waals surface area contributed by atoms with E-state index in [2.05, 4.69) is 119 Å². The fourth-order valence-corrected chi connectivity index (χ4v) is 7.99. The average molecular weight is 441 g/mol. The van der Waals surface area contributed by atoms with Gasteiger partial charge >= 0.3 is 0 Å². The SMILES string of the molecule is CC(C)(C)c1cccc(C(C)(C)C)c1P=Pc1c(C(C)(C)C)cccc1C(C)(C)C. The van der Waals surface area contributed by atoms with Gasteiger partial charge in [-0.15, -0.1) is 0 Å². The van der Waals surface area contributed by atoms with Gasteiger partial charge in [0.1, 0.15) is 0 Å². The zero-order valence-electron chi connectivity index (χ0n) is 21.4. The summed E-state index contributed by atoms with van der Waals surface area (Å²) in [6, 6.07) is 13.9. The van der Waals surface area contributed by atoms with Crippen LogP contribution in [-0.2, 0) is 21.7 Å². The van der Waals surface area contributed by atoms with E-state index >= 15 is 0 Å². The molecule has 0 radical (unpaired) electrons. The van der Waals surface area contributed by atoms with Crippen molar-refractivity contribution in [3.63, 3.8) is 0 Å². The Hall–Kier alpha value is -0.960. The molecule has 0 unspecified atom stereocenters. The minimum Gasteiger partial charge on any atom is -0.0616 e. The highest BCUT2D eigenvalue weighted by Crippen LogP contribution is 2.36. The van der Waals surface area contributed by atoms with Crippen molar-refractivity contribution in [2.45, 2.75) is 105 Å². The zero-order chi connectivity index (χ0) is 23.1. The summed E-state index contributed by atoms with van der Waals surface area (Å²) in [7, 11) is 2.76. The molecule has 0 aromatic heterocycles. The van der Waals surface area contributed by atoms with Gasteiger partial charge in [-0.1, -0.05) is 119 Å². The van der Waals surface area contributed by atoms with Gasteiger partial charge in [-0.25, -0.2) is 0 Å². The van der Waals surface area contributed by atoms with Crippen molar-refractivity contribution in [3.05, 3.63) is 58.7 Å². The lowest BCUT2D eigenvalue weighted by molar-refractivity contribution is 0.575. The molecule has 0 atom stereocenters. The van der Waals surface area contributed by atoms with Crippen LogP contribution < -0.4 is 10.6 Å². The molecule has 2 rings (SSSR count). The van der Waals surface area contributed by atoms with E-state index in [0.717, 1.165) is 0 Å². The zero-order valence-corrected chi connectivity index (χ0v) is 23.1. The molecule has 2 heteroatoms. The summed E-state index contributed by atoms with van der Waals surface area (Å²) in [5.74, 6) is 0. The first kappa shape index (κ1) is 25.3. The van der Waals surface area contributed by atoms with Gasteiger partial charge in [-0.2, -0.15) is 0 Å². The summed E-state index contributed by atoms with van der Waals surface area (Å²) in [6.45, 7) is 28.1. The number of hydrogen-bond donors (Lipinski definition) is 0. The fourth-order valence-electron chi connectivity index (χ4n) is 3.82. The van der Waals surface area contributed by atoms with E-state index in [9.17, 15) is 0 Å². The largest absolute Gasteiger partial charge is 0.0616 e. The molecule has 0 saturated heterocycles. The number of rotatable bonds is 2. The molecule has 2 aromatic rings. The third kappa shape index (κ3) is 5.84.